The molecular weight excluding hydrogens is 511 g/mol. The van der Waals surface area contributed by atoms with E-state index in [0.717, 1.165) is 48.2 Å². The van der Waals surface area contributed by atoms with E-state index in [2.05, 4.69) is 51.6 Å². The van der Waals surface area contributed by atoms with Gasteiger partial charge in [0.15, 0.2) is 11.3 Å². The number of aryl methyl sites for hydroxylation is 1. The summed E-state index contributed by atoms with van der Waals surface area (Å²) in [6, 6.07) is 6.90. The lowest BCUT2D eigenvalue weighted by Crippen LogP contribution is -2.18. The number of hydrogen-bond donors (Lipinski definition) is 1. The molecule has 0 saturated carbocycles. The number of hydrogen-bond acceptors (Lipinski definition) is 6. The Kier molecular flexibility index (Phi) is 5.76. The average molecular weight is 532 g/mol. The predicted octanol–water partition coefficient (Wildman–Crippen LogP) is 5.57. The highest BCUT2D eigenvalue weighted by atomic mass is 79.9. The first-order valence-corrected chi connectivity index (χ1v) is 11.5. The second-order valence-electron chi connectivity index (χ2n) is 8.28. The molecule has 5 rings (SSSR count). The first-order chi connectivity index (χ1) is 16.2. The van der Waals surface area contributed by atoms with Crippen LogP contribution in [-0.4, -0.2) is 41.6 Å². The Balaban J connectivity index is 1.61. The van der Waals surface area contributed by atoms with Crippen molar-refractivity contribution in [3.8, 4) is 0 Å². The van der Waals surface area contributed by atoms with Crippen LogP contribution in [0.2, 0.25) is 0 Å². The molecular formula is C23H21BrF3N7. The Bertz CT molecular complexity index is 1410. The molecule has 0 unspecified atom stereocenters. The standard InChI is InChI=1S/C23H21BrF3N7/c1-13(16-4-3-5-17(10-16)23(25,26)27)29-20-19-11-18(15-6-8-33(24)9-7-15)22-32-28-12-34(22)21(19)31-14(2)30-20/h3-6,10-13H,7-9H2,1-2H3,(H,29,30,31)/t13-/m1/s1. The molecule has 11 heteroatoms. The van der Waals surface area contributed by atoms with Gasteiger partial charge >= 0.3 is 6.18 Å². The first kappa shape index (κ1) is 22.7. The van der Waals surface area contributed by atoms with E-state index in [4.69, 9.17) is 0 Å². The van der Waals surface area contributed by atoms with Gasteiger partial charge in [-0.25, -0.2) is 13.9 Å². The van der Waals surface area contributed by atoms with Crippen molar-refractivity contribution in [2.75, 3.05) is 18.4 Å². The second kappa shape index (κ2) is 8.62. The maximum atomic E-state index is 13.2. The van der Waals surface area contributed by atoms with E-state index in [9.17, 15) is 13.2 Å². The highest BCUT2D eigenvalue weighted by Crippen LogP contribution is 2.34. The Morgan fingerprint density at radius 3 is 2.71 bits per heavy atom. The maximum absolute atomic E-state index is 13.2. The van der Waals surface area contributed by atoms with E-state index in [1.807, 2.05) is 17.4 Å². The molecule has 0 spiro atoms. The summed E-state index contributed by atoms with van der Waals surface area (Å²) in [4.78, 5) is 9.20. The zero-order valence-corrected chi connectivity index (χ0v) is 20.0. The number of alkyl halides is 3. The van der Waals surface area contributed by atoms with Gasteiger partial charge in [-0.3, -0.25) is 4.40 Å². The van der Waals surface area contributed by atoms with Crippen molar-refractivity contribution in [1.29, 1.82) is 0 Å². The van der Waals surface area contributed by atoms with Crippen molar-refractivity contribution in [2.45, 2.75) is 32.5 Å². The van der Waals surface area contributed by atoms with Crippen LogP contribution in [0.3, 0.4) is 0 Å². The van der Waals surface area contributed by atoms with E-state index >= 15 is 0 Å². The van der Waals surface area contributed by atoms with E-state index in [0.29, 0.717) is 28.5 Å². The quantitative estimate of drug-likeness (QED) is 0.347. The van der Waals surface area contributed by atoms with Crippen molar-refractivity contribution in [3.63, 3.8) is 0 Å². The fourth-order valence-corrected chi connectivity index (χ4v) is 4.50. The predicted molar refractivity (Wildman–Crippen MR) is 127 cm³/mol. The molecule has 0 amide bonds. The number of halogens is 4. The summed E-state index contributed by atoms with van der Waals surface area (Å²) in [5.74, 6) is 1.07. The molecule has 1 atom stereocenters. The van der Waals surface area contributed by atoms with Crippen LogP contribution < -0.4 is 5.32 Å². The molecule has 7 nitrogen and oxygen atoms in total. The van der Waals surface area contributed by atoms with Gasteiger partial charge in [0.2, 0.25) is 0 Å². The molecule has 176 valence electrons. The molecule has 4 heterocycles. The summed E-state index contributed by atoms with van der Waals surface area (Å²) in [5, 5.41) is 12.5. The van der Waals surface area contributed by atoms with Gasteiger partial charge in [-0.1, -0.05) is 18.2 Å². The van der Waals surface area contributed by atoms with E-state index in [-0.39, 0.29) is 0 Å². The van der Waals surface area contributed by atoms with Crippen LogP contribution in [0.4, 0.5) is 19.0 Å². The molecule has 1 N–H and O–H groups in total. The van der Waals surface area contributed by atoms with Crippen LogP contribution in [0.15, 0.2) is 42.7 Å². The minimum atomic E-state index is -4.40. The highest BCUT2D eigenvalue weighted by molar-refractivity contribution is 9.07. The van der Waals surface area contributed by atoms with Crippen LogP contribution >= 0.6 is 16.1 Å². The molecule has 4 aromatic rings. The van der Waals surface area contributed by atoms with Crippen LogP contribution in [0.1, 0.15) is 41.9 Å². The van der Waals surface area contributed by atoms with E-state index < -0.39 is 17.8 Å². The number of aromatic nitrogens is 5. The number of benzene rings is 1. The zero-order chi connectivity index (χ0) is 24.0. The molecule has 0 radical (unpaired) electrons. The summed E-state index contributed by atoms with van der Waals surface area (Å²) in [6.07, 6.45) is 0.186. The lowest BCUT2D eigenvalue weighted by atomic mass is 10.00. The van der Waals surface area contributed by atoms with Crippen LogP contribution in [-0.2, 0) is 6.18 Å². The smallest absolute Gasteiger partial charge is 0.363 e. The van der Waals surface area contributed by atoms with Gasteiger partial charge in [-0.15, -0.1) is 10.2 Å². The summed E-state index contributed by atoms with van der Waals surface area (Å²) in [7, 11) is 0. The maximum Gasteiger partial charge on any atom is 0.416 e. The summed E-state index contributed by atoms with van der Waals surface area (Å²) >= 11 is 3.51. The largest absolute Gasteiger partial charge is 0.416 e. The van der Waals surface area contributed by atoms with E-state index in [1.54, 1.807) is 19.3 Å². The lowest BCUT2D eigenvalue weighted by molar-refractivity contribution is -0.137. The van der Waals surface area contributed by atoms with Gasteiger partial charge in [0, 0.05) is 40.8 Å². The molecule has 0 bridgehead atoms. The summed E-state index contributed by atoms with van der Waals surface area (Å²) < 4.78 is 43.5. The fourth-order valence-electron chi connectivity index (χ4n) is 4.17. The van der Waals surface area contributed by atoms with Gasteiger partial charge in [0.25, 0.3) is 0 Å². The lowest BCUT2D eigenvalue weighted by Gasteiger charge is -2.21. The first-order valence-electron chi connectivity index (χ1n) is 10.8. The van der Waals surface area contributed by atoms with Gasteiger partial charge < -0.3 is 5.32 Å². The third-order valence-electron chi connectivity index (χ3n) is 5.92. The number of rotatable bonds is 4. The Morgan fingerprint density at radius 1 is 1.15 bits per heavy atom. The number of anilines is 1. The van der Waals surface area contributed by atoms with Crippen LogP contribution in [0.5, 0.6) is 0 Å². The normalized spacial score (nSPS) is 16.1. The fraction of sp³-hybridized carbons (Fsp3) is 0.304. The Morgan fingerprint density at radius 2 is 1.97 bits per heavy atom. The van der Waals surface area contributed by atoms with Crippen LogP contribution in [0, 0.1) is 6.92 Å². The monoisotopic (exact) mass is 531 g/mol. The molecule has 1 aromatic carbocycles. The third kappa shape index (κ3) is 4.25. The molecule has 1 aliphatic heterocycles. The van der Waals surface area contributed by atoms with Gasteiger partial charge in [0.05, 0.1) is 10.9 Å². The van der Waals surface area contributed by atoms with Crippen molar-refractivity contribution in [2.24, 2.45) is 0 Å². The topological polar surface area (TPSA) is 71.2 Å². The van der Waals surface area contributed by atoms with Crippen molar-refractivity contribution < 1.29 is 13.2 Å². The SMILES string of the molecule is Cc1nc(N[C@H](C)c2cccc(C(F)(F)F)c2)c2cc(C3=CCN(Br)CC3)c3nncn3c2n1. The van der Waals surface area contributed by atoms with Crippen molar-refractivity contribution in [3.05, 3.63) is 65.2 Å². The number of pyridine rings is 1. The molecule has 34 heavy (non-hydrogen) atoms. The molecule has 3 aromatic heterocycles. The summed E-state index contributed by atoms with van der Waals surface area (Å²) in [6.45, 7) is 5.20. The third-order valence-corrected chi connectivity index (χ3v) is 6.56. The highest BCUT2D eigenvalue weighted by Gasteiger charge is 2.30. The number of fused-ring (bicyclic) bond motifs is 3. The van der Waals surface area contributed by atoms with Gasteiger partial charge in [-0.2, -0.15) is 13.2 Å². The molecule has 0 saturated heterocycles. The van der Waals surface area contributed by atoms with Gasteiger partial charge in [-0.05, 0) is 49.6 Å². The zero-order valence-electron chi connectivity index (χ0n) is 18.4. The molecule has 0 fully saturated rings. The van der Waals surface area contributed by atoms with E-state index in [1.165, 1.54) is 6.07 Å². The summed E-state index contributed by atoms with van der Waals surface area (Å²) in [5.41, 5.74) is 3.25. The Hall–Kier alpha value is -3.05. The van der Waals surface area contributed by atoms with Gasteiger partial charge in [0.1, 0.15) is 18.0 Å². The van der Waals surface area contributed by atoms with Crippen molar-refractivity contribution in [1.82, 2.24) is 28.5 Å². The molecule has 1 aliphatic rings. The minimum absolute atomic E-state index is 0.421. The minimum Gasteiger partial charge on any atom is -0.363 e. The molecule has 0 aliphatic carbocycles. The second-order valence-corrected chi connectivity index (χ2v) is 9.28. The number of nitrogens with zero attached hydrogens (tertiary/aromatic N) is 6. The average Bonchev–Trinajstić information content (AvgIpc) is 3.29. The number of nitrogens with one attached hydrogen (secondary N) is 1. The Labute approximate surface area is 202 Å². The van der Waals surface area contributed by atoms with Crippen LogP contribution in [0.25, 0.3) is 22.3 Å². The van der Waals surface area contributed by atoms with Crippen molar-refractivity contribution >= 4 is 44.2 Å².